The van der Waals surface area contributed by atoms with Gasteiger partial charge in [0.2, 0.25) is 0 Å². The normalized spacial score (nSPS) is 22.5. The number of hydrogen-bond acceptors (Lipinski definition) is 4. The van der Waals surface area contributed by atoms with Gasteiger partial charge in [-0.3, -0.25) is 9.48 Å². The monoisotopic (exact) mass is 323 g/mol. The van der Waals surface area contributed by atoms with E-state index in [2.05, 4.69) is 17.3 Å². The highest BCUT2D eigenvalue weighted by Crippen LogP contribution is 2.30. The summed E-state index contributed by atoms with van der Waals surface area (Å²) in [6, 6.07) is 0.699. The molecule has 3 N–H and O–H groups in total. The van der Waals surface area contributed by atoms with E-state index in [1.807, 2.05) is 0 Å². The molecule has 0 aliphatic heterocycles. The predicted octanol–water partition coefficient (Wildman–Crippen LogP) is 1.27. The van der Waals surface area contributed by atoms with Crippen LogP contribution in [-0.2, 0) is 11.3 Å². The lowest BCUT2D eigenvalue weighted by atomic mass is 9.79. The van der Waals surface area contributed by atoms with Crippen molar-refractivity contribution < 1.29 is 19.8 Å². The minimum Gasteiger partial charge on any atom is -0.480 e. The number of aromatic nitrogens is 2. The van der Waals surface area contributed by atoms with Crippen molar-refractivity contribution in [3.8, 4) is 0 Å². The number of rotatable bonds is 7. The fourth-order valence-corrected chi connectivity index (χ4v) is 3.14. The van der Waals surface area contributed by atoms with Crippen LogP contribution in [0.3, 0.4) is 0 Å². The van der Waals surface area contributed by atoms with Crippen LogP contribution >= 0.6 is 0 Å². The van der Waals surface area contributed by atoms with Gasteiger partial charge in [0.05, 0.1) is 0 Å². The van der Waals surface area contributed by atoms with Gasteiger partial charge >= 0.3 is 5.97 Å². The predicted molar refractivity (Wildman–Crippen MR) is 83.9 cm³/mol. The second kappa shape index (κ2) is 8.10. The van der Waals surface area contributed by atoms with Crippen molar-refractivity contribution in [3.05, 3.63) is 18.0 Å². The minimum atomic E-state index is -0.987. The van der Waals surface area contributed by atoms with Gasteiger partial charge in [-0.25, -0.2) is 4.79 Å². The van der Waals surface area contributed by atoms with Gasteiger partial charge in [-0.2, -0.15) is 5.10 Å². The number of nitrogens with one attached hydrogen (secondary N) is 1. The number of carbonyl (C=O) groups is 2. The number of amides is 1. The Morgan fingerprint density at radius 2 is 2.09 bits per heavy atom. The number of aryl methyl sites for hydroxylation is 1. The molecule has 1 aromatic rings. The summed E-state index contributed by atoms with van der Waals surface area (Å²) in [5, 5.41) is 25.1. The summed E-state index contributed by atoms with van der Waals surface area (Å²) in [4.78, 5) is 24.0. The van der Waals surface area contributed by atoms with E-state index in [1.54, 1.807) is 6.07 Å². The van der Waals surface area contributed by atoms with Crippen LogP contribution in [0, 0.1) is 11.8 Å². The molecule has 1 aliphatic rings. The number of carboxylic acid groups (broad SMARTS) is 1. The van der Waals surface area contributed by atoms with E-state index in [4.69, 9.17) is 5.11 Å². The molecule has 1 atom stereocenters. The van der Waals surface area contributed by atoms with Crippen molar-refractivity contribution in [1.29, 1.82) is 0 Å². The van der Waals surface area contributed by atoms with Crippen molar-refractivity contribution in [2.75, 3.05) is 6.61 Å². The molecule has 128 valence electrons. The Morgan fingerprint density at radius 3 is 2.70 bits per heavy atom. The second-order valence-electron chi connectivity index (χ2n) is 6.33. The summed E-state index contributed by atoms with van der Waals surface area (Å²) in [6.07, 6.45) is 5.64. The fraction of sp³-hybridized carbons (Fsp3) is 0.688. The van der Waals surface area contributed by atoms with Crippen molar-refractivity contribution in [2.45, 2.75) is 51.6 Å². The molecule has 1 saturated carbocycles. The lowest BCUT2D eigenvalue weighted by Gasteiger charge is -2.30. The molecule has 1 aliphatic carbocycles. The highest BCUT2D eigenvalue weighted by atomic mass is 16.4. The molecule has 0 aromatic carbocycles. The average molecular weight is 323 g/mol. The van der Waals surface area contributed by atoms with E-state index >= 15 is 0 Å². The van der Waals surface area contributed by atoms with E-state index in [9.17, 15) is 14.7 Å². The second-order valence-corrected chi connectivity index (χ2v) is 6.33. The third-order valence-electron chi connectivity index (χ3n) is 4.56. The highest BCUT2D eigenvalue weighted by Gasteiger charge is 2.32. The Kier molecular flexibility index (Phi) is 6.15. The van der Waals surface area contributed by atoms with E-state index in [0.717, 1.165) is 25.7 Å². The summed E-state index contributed by atoms with van der Waals surface area (Å²) in [5.74, 6) is -0.816. The van der Waals surface area contributed by atoms with Gasteiger partial charge in [0.1, 0.15) is 11.7 Å². The average Bonchev–Trinajstić information content (AvgIpc) is 2.99. The number of nitrogens with zero attached hydrogens (tertiary/aromatic N) is 2. The van der Waals surface area contributed by atoms with Crippen LogP contribution in [-0.4, -0.2) is 44.5 Å². The van der Waals surface area contributed by atoms with Crippen LogP contribution in [0.15, 0.2) is 12.3 Å². The van der Waals surface area contributed by atoms with Crippen LogP contribution in [0.25, 0.3) is 0 Å². The number of carboxylic acids is 1. The Balaban J connectivity index is 2.03. The zero-order valence-electron chi connectivity index (χ0n) is 13.4. The molecule has 23 heavy (non-hydrogen) atoms. The largest absolute Gasteiger partial charge is 0.480 e. The molecule has 0 unspecified atom stereocenters. The van der Waals surface area contributed by atoms with E-state index in [1.165, 1.54) is 10.9 Å². The Labute approximate surface area is 135 Å². The van der Waals surface area contributed by atoms with Gasteiger partial charge in [0, 0.05) is 19.3 Å². The Morgan fingerprint density at radius 1 is 1.39 bits per heavy atom. The summed E-state index contributed by atoms with van der Waals surface area (Å²) < 4.78 is 1.49. The molecule has 0 spiro atoms. The molecule has 1 aromatic heterocycles. The smallest absolute Gasteiger partial charge is 0.326 e. The third-order valence-corrected chi connectivity index (χ3v) is 4.56. The number of carbonyl (C=O) groups excluding carboxylic acids is 1. The number of aliphatic hydroxyl groups excluding tert-OH is 1. The van der Waals surface area contributed by atoms with Gasteiger partial charge < -0.3 is 15.5 Å². The zero-order chi connectivity index (χ0) is 16.8. The maximum absolute atomic E-state index is 12.4. The maximum atomic E-state index is 12.4. The van der Waals surface area contributed by atoms with E-state index < -0.39 is 17.9 Å². The molecule has 0 saturated heterocycles. The first kappa shape index (κ1) is 17.5. The first-order valence-electron chi connectivity index (χ1n) is 8.19. The standard InChI is InChI=1S/C16H25N3O4/c1-11-3-5-12(6-4-11)14(16(22)23)18-15(21)13-7-8-17-19(13)9-2-10-20/h7-8,11-12,14,20H,2-6,9-10H2,1H3,(H,18,21)(H,22,23)/t11?,12?,14-/m0/s1. The Bertz CT molecular complexity index is 535. The molecule has 1 amide bonds. The lowest BCUT2D eigenvalue weighted by Crippen LogP contribution is -2.47. The minimum absolute atomic E-state index is 0.0128. The number of hydrogen-bond donors (Lipinski definition) is 3. The van der Waals surface area contributed by atoms with E-state index in [-0.39, 0.29) is 12.5 Å². The van der Waals surface area contributed by atoms with Crippen LogP contribution in [0.4, 0.5) is 0 Å². The van der Waals surface area contributed by atoms with Crippen molar-refractivity contribution in [3.63, 3.8) is 0 Å². The van der Waals surface area contributed by atoms with Gasteiger partial charge in [-0.15, -0.1) is 0 Å². The first-order chi connectivity index (χ1) is 11.0. The molecule has 0 bridgehead atoms. The molecule has 1 fully saturated rings. The van der Waals surface area contributed by atoms with Gasteiger partial charge in [0.25, 0.3) is 5.91 Å². The summed E-state index contributed by atoms with van der Waals surface area (Å²) in [6.45, 7) is 2.61. The van der Waals surface area contributed by atoms with Gasteiger partial charge in [-0.1, -0.05) is 19.8 Å². The zero-order valence-corrected chi connectivity index (χ0v) is 13.4. The topological polar surface area (TPSA) is 104 Å². The van der Waals surface area contributed by atoms with E-state index in [0.29, 0.717) is 24.6 Å². The summed E-state index contributed by atoms with van der Waals surface area (Å²) in [5.41, 5.74) is 0.328. The molecule has 7 nitrogen and oxygen atoms in total. The van der Waals surface area contributed by atoms with Crippen LogP contribution in [0.5, 0.6) is 0 Å². The van der Waals surface area contributed by atoms with Crippen molar-refractivity contribution in [1.82, 2.24) is 15.1 Å². The third kappa shape index (κ3) is 4.54. The van der Waals surface area contributed by atoms with Crippen LogP contribution in [0.1, 0.15) is 49.5 Å². The molecule has 1 heterocycles. The number of aliphatic carboxylic acids is 1. The quantitative estimate of drug-likeness (QED) is 0.701. The van der Waals surface area contributed by atoms with Gasteiger partial charge in [-0.05, 0) is 37.2 Å². The maximum Gasteiger partial charge on any atom is 0.326 e. The fourth-order valence-electron chi connectivity index (χ4n) is 3.14. The van der Waals surface area contributed by atoms with Crippen LogP contribution in [0.2, 0.25) is 0 Å². The molecular weight excluding hydrogens is 298 g/mol. The molecular formula is C16H25N3O4. The van der Waals surface area contributed by atoms with Gasteiger partial charge in [0.15, 0.2) is 0 Å². The number of aliphatic hydroxyl groups is 1. The molecule has 7 heteroatoms. The summed E-state index contributed by atoms with van der Waals surface area (Å²) >= 11 is 0. The summed E-state index contributed by atoms with van der Waals surface area (Å²) in [7, 11) is 0. The molecule has 0 radical (unpaired) electrons. The van der Waals surface area contributed by atoms with Crippen molar-refractivity contribution in [2.24, 2.45) is 11.8 Å². The van der Waals surface area contributed by atoms with Crippen molar-refractivity contribution >= 4 is 11.9 Å². The highest BCUT2D eigenvalue weighted by molar-refractivity contribution is 5.95. The van der Waals surface area contributed by atoms with Crippen LogP contribution < -0.4 is 5.32 Å². The first-order valence-corrected chi connectivity index (χ1v) is 8.19. The lowest BCUT2D eigenvalue weighted by molar-refractivity contribution is -0.141. The SMILES string of the molecule is CC1CCC([C@H](NC(=O)c2ccnn2CCCO)C(=O)O)CC1. The molecule has 2 rings (SSSR count). The Hall–Kier alpha value is -1.89.